The maximum Gasteiger partial charge on any atom is 0.235 e. The molecule has 140 valence electrons. The van der Waals surface area contributed by atoms with Gasteiger partial charge in [-0.2, -0.15) is 0 Å². The molecule has 2 aromatic rings. The number of anilines is 2. The Morgan fingerprint density at radius 2 is 2.15 bits per heavy atom. The van der Waals surface area contributed by atoms with Gasteiger partial charge in [0.15, 0.2) is 0 Å². The van der Waals surface area contributed by atoms with Gasteiger partial charge in [-0.3, -0.25) is 9.10 Å². The molecule has 0 aliphatic carbocycles. The Labute approximate surface area is 159 Å². The third-order valence-electron chi connectivity index (χ3n) is 4.49. The Balaban J connectivity index is 1.68. The number of carbonyl (C=O) groups excluding carboxylic acids is 1. The predicted octanol–water partition coefficient (Wildman–Crippen LogP) is 3.81. The summed E-state index contributed by atoms with van der Waals surface area (Å²) in [5, 5.41) is 4.89. The summed E-state index contributed by atoms with van der Waals surface area (Å²) in [6.45, 7) is 2.47. The van der Waals surface area contributed by atoms with Gasteiger partial charge in [0.2, 0.25) is 15.9 Å². The Morgan fingerprint density at radius 3 is 2.88 bits per heavy atom. The van der Waals surface area contributed by atoms with Crippen LogP contribution in [0.4, 0.5) is 11.4 Å². The van der Waals surface area contributed by atoms with Crippen LogP contribution in [-0.4, -0.2) is 26.6 Å². The molecule has 1 aliphatic rings. The minimum absolute atomic E-state index is 0.0586. The average molecular weight is 393 g/mol. The van der Waals surface area contributed by atoms with Gasteiger partial charge in [-0.05, 0) is 48.4 Å². The summed E-state index contributed by atoms with van der Waals surface area (Å²) in [7, 11) is -3.30. The fraction of sp³-hybridized carbons (Fsp3) is 0.421. The van der Waals surface area contributed by atoms with Crippen molar-refractivity contribution in [2.24, 2.45) is 0 Å². The highest BCUT2D eigenvalue weighted by atomic mass is 32.2. The minimum Gasteiger partial charge on any atom is -0.326 e. The highest BCUT2D eigenvalue weighted by Crippen LogP contribution is 2.33. The Hall–Kier alpha value is -1.86. The molecule has 0 bridgehead atoms. The van der Waals surface area contributed by atoms with Crippen LogP contribution in [0.2, 0.25) is 0 Å². The van der Waals surface area contributed by atoms with Gasteiger partial charge < -0.3 is 5.32 Å². The van der Waals surface area contributed by atoms with Crippen LogP contribution in [0.15, 0.2) is 35.7 Å². The van der Waals surface area contributed by atoms with E-state index in [1.54, 1.807) is 17.4 Å². The van der Waals surface area contributed by atoms with Crippen molar-refractivity contribution < 1.29 is 13.2 Å². The van der Waals surface area contributed by atoms with Crippen molar-refractivity contribution >= 4 is 38.6 Å². The van der Waals surface area contributed by atoms with Crippen LogP contribution in [0, 0.1) is 0 Å². The standard InChI is InChI=1S/C19H24N2O3S2/c1-2-3-13-26(23,24)21-11-10-15-6-7-16(14-18(15)21)20-19(22)9-8-17-5-4-12-25-17/h4-7,12,14H,2-3,8-11,13H2,1H3,(H,20,22). The molecule has 0 spiro atoms. The number of rotatable bonds is 8. The number of benzene rings is 1. The first kappa shape index (κ1) is 18.9. The van der Waals surface area contributed by atoms with E-state index >= 15 is 0 Å². The number of fused-ring (bicyclic) bond motifs is 1. The number of unbranched alkanes of at least 4 members (excludes halogenated alkanes) is 1. The van der Waals surface area contributed by atoms with Crippen molar-refractivity contribution in [3.63, 3.8) is 0 Å². The fourth-order valence-corrected chi connectivity index (χ4v) is 5.49. The first-order valence-corrected chi connectivity index (χ1v) is 11.4. The molecule has 0 radical (unpaired) electrons. The second kappa shape index (κ2) is 8.22. The van der Waals surface area contributed by atoms with Crippen molar-refractivity contribution in [2.75, 3.05) is 21.9 Å². The topological polar surface area (TPSA) is 66.5 Å². The van der Waals surface area contributed by atoms with Crippen LogP contribution in [0.25, 0.3) is 0 Å². The van der Waals surface area contributed by atoms with E-state index in [0.29, 0.717) is 43.6 Å². The predicted molar refractivity (Wildman–Crippen MR) is 107 cm³/mol. The van der Waals surface area contributed by atoms with Crippen LogP contribution in [0.5, 0.6) is 0 Å². The van der Waals surface area contributed by atoms with Gasteiger partial charge in [-0.25, -0.2) is 8.42 Å². The van der Waals surface area contributed by atoms with E-state index in [0.717, 1.165) is 12.0 Å². The summed E-state index contributed by atoms with van der Waals surface area (Å²) in [4.78, 5) is 13.4. The lowest BCUT2D eigenvalue weighted by Crippen LogP contribution is -2.31. The summed E-state index contributed by atoms with van der Waals surface area (Å²) < 4.78 is 26.6. The van der Waals surface area contributed by atoms with Gasteiger partial charge in [-0.15, -0.1) is 11.3 Å². The van der Waals surface area contributed by atoms with E-state index in [2.05, 4.69) is 5.32 Å². The lowest BCUT2D eigenvalue weighted by Gasteiger charge is -2.20. The minimum atomic E-state index is -3.30. The van der Waals surface area contributed by atoms with Crippen LogP contribution >= 0.6 is 11.3 Å². The van der Waals surface area contributed by atoms with Crippen LogP contribution in [0.3, 0.4) is 0 Å². The smallest absolute Gasteiger partial charge is 0.235 e. The highest BCUT2D eigenvalue weighted by Gasteiger charge is 2.29. The van der Waals surface area contributed by atoms with Crippen molar-refractivity contribution in [1.29, 1.82) is 0 Å². The zero-order valence-electron chi connectivity index (χ0n) is 14.9. The molecule has 0 saturated heterocycles. The Bertz CT molecular complexity index is 861. The molecule has 1 aromatic heterocycles. The zero-order chi connectivity index (χ0) is 18.6. The second-order valence-electron chi connectivity index (χ2n) is 6.46. The summed E-state index contributed by atoms with van der Waals surface area (Å²) in [5.41, 5.74) is 2.37. The van der Waals surface area contributed by atoms with Crippen molar-refractivity contribution in [1.82, 2.24) is 0 Å². The molecule has 5 nitrogen and oxygen atoms in total. The number of nitrogens with one attached hydrogen (secondary N) is 1. The first-order chi connectivity index (χ1) is 12.5. The van der Waals surface area contributed by atoms with Gasteiger partial charge >= 0.3 is 0 Å². The first-order valence-electron chi connectivity index (χ1n) is 8.95. The maximum absolute atomic E-state index is 12.6. The zero-order valence-corrected chi connectivity index (χ0v) is 16.5. The van der Waals surface area contributed by atoms with E-state index in [1.165, 1.54) is 9.18 Å². The molecule has 1 aliphatic heterocycles. The number of thiophene rings is 1. The Morgan fingerprint density at radius 1 is 1.31 bits per heavy atom. The molecule has 0 unspecified atom stereocenters. The lowest BCUT2D eigenvalue weighted by molar-refractivity contribution is -0.116. The summed E-state index contributed by atoms with van der Waals surface area (Å²) >= 11 is 1.64. The molecule has 7 heteroatoms. The van der Waals surface area contributed by atoms with Crippen molar-refractivity contribution in [2.45, 2.75) is 39.0 Å². The third kappa shape index (κ3) is 4.45. The number of sulfonamides is 1. The maximum atomic E-state index is 12.6. The number of hydrogen-bond acceptors (Lipinski definition) is 4. The average Bonchev–Trinajstić information content (AvgIpc) is 3.27. The lowest BCUT2D eigenvalue weighted by atomic mass is 10.1. The van der Waals surface area contributed by atoms with Crippen LogP contribution in [-0.2, 0) is 27.7 Å². The van der Waals surface area contributed by atoms with Gasteiger partial charge in [0.1, 0.15) is 0 Å². The largest absolute Gasteiger partial charge is 0.326 e. The number of nitrogens with zero attached hydrogens (tertiary/aromatic N) is 1. The van der Waals surface area contributed by atoms with Crippen LogP contribution < -0.4 is 9.62 Å². The molecule has 0 fully saturated rings. The molecule has 1 N–H and O–H groups in total. The molecule has 26 heavy (non-hydrogen) atoms. The summed E-state index contributed by atoms with van der Waals surface area (Å²) in [6, 6.07) is 9.55. The Kier molecular flexibility index (Phi) is 5.98. The van der Waals surface area contributed by atoms with Crippen LogP contribution in [0.1, 0.15) is 36.6 Å². The fourth-order valence-electron chi connectivity index (χ4n) is 3.07. The molecule has 1 amide bonds. The molecule has 2 heterocycles. The SMILES string of the molecule is CCCCS(=O)(=O)N1CCc2ccc(NC(=O)CCc3cccs3)cc21. The van der Waals surface area contributed by atoms with Gasteiger partial charge in [-0.1, -0.05) is 25.5 Å². The third-order valence-corrected chi connectivity index (χ3v) is 7.28. The number of amides is 1. The molecular formula is C19H24N2O3S2. The van der Waals surface area contributed by atoms with E-state index < -0.39 is 10.0 Å². The molecule has 1 aromatic carbocycles. The van der Waals surface area contributed by atoms with Gasteiger partial charge in [0.05, 0.1) is 11.4 Å². The normalized spacial score (nSPS) is 13.7. The number of hydrogen-bond donors (Lipinski definition) is 1. The number of carbonyl (C=O) groups is 1. The van der Waals surface area contributed by atoms with E-state index in [9.17, 15) is 13.2 Å². The monoisotopic (exact) mass is 392 g/mol. The van der Waals surface area contributed by atoms with Gasteiger partial charge in [0, 0.05) is 23.5 Å². The van der Waals surface area contributed by atoms with E-state index in [4.69, 9.17) is 0 Å². The summed E-state index contributed by atoms with van der Waals surface area (Å²) in [6.07, 6.45) is 3.35. The molecule has 0 saturated carbocycles. The van der Waals surface area contributed by atoms with Gasteiger partial charge in [0.25, 0.3) is 0 Å². The highest BCUT2D eigenvalue weighted by molar-refractivity contribution is 7.92. The molecule has 3 rings (SSSR count). The quantitative estimate of drug-likeness (QED) is 0.743. The second-order valence-corrected chi connectivity index (χ2v) is 9.51. The van der Waals surface area contributed by atoms with Crippen molar-refractivity contribution in [3.8, 4) is 0 Å². The molecule has 0 atom stereocenters. The number of aryl methyl sites for hydroxylation is 1. The van der Waals surface area contributed by atoms with E-state index in [-0.39, 0.29) is 11.7 Å². The molecular weight excluding hydrogens is 368 g/mol. The van der Waals surface area contributed by atoms with Crippen molar-refractivity contribution in [3.05, 3.63) is 46.2 Å². The van der Waals surface area contributed by atoms with E-state index in [1.807, 2.05) is 36.6 Å². The summed E-state index contributed by atoms with van der Waals surface area (Å²) in [5.74, 6) is 0.108.